The van der Waals surface area contributed by atoms with Crippen molar-refractivity contribution in [2.75, 3.05) is 0 Å². The molecule has 0 heterocycles. The lowest BCUT2D eigenvalue weighted by atomic mass is 9.90. The molecule has 0 saturated heterocycles. The van der Waals surface area contributed by atoms with Gasteiger partial charge in [-0.05, 0) is 50.4 Å². The molecule has 1 nitrogen and oxygen atoms in total. The third-order valence-electron chi connectivity index (χ3n) is 5.07. The summed E-state index contributed by atoms with van der Waals surface area (Å²) in [5.41, 5.74) is 0.584. The van der Waals surface area contributed by atoms with Crippen LogP contribution in [-0.2, 0) is 0 Å². The first kappa shape index (κ1) is 13.4. The van der Waals surface area contributed by atoms with Crippen LogP contribution in [0.3, 0.4) is 0 Å². The summed E-state index contributed by atoms with van der Waals surface area (Å²) in [6.45, 7) is 7.28. The van der Waals surface area contributed by atoms with Gasteiger partial charge in [0.05, 0.1) is 0 Å². The van der Waals surface area contributed by atoms with Crippen LogP contribution in [0.4, 0.5) is 0 Å². The van der Waals surface area contributed by atoms with E-state index in [4.69, 9.17) is 0 Å². The maximum absolute atomic E-state index is 3.93. The fourth-order valence-electron chi connectivity index (χ4n) is 3.90. The Bertz CT molecular complexity index is 226. The van der Waals surface area contributed by atoms with Crippen LogP contribution < -0.4 is 5.32 Å². The molecule has 0 spiro atoms. The molecule has 0 radical (unpaired) electrons. The Morgan fingerprint density at radius 2 is 1.65 bits per heavy atom. The van der Waals surface area contributed by atoms with E-state index in [-0.39, 0.29) is 0 Å². The number of hydrogen-bond acceptors (Lipinski definition) is 1. The second-order valence-corrected chi connectivity index (χ2v) is 7.31. The van der Waals surface area contributed by atoms with Gasteiger partial charge in [0.1, 0.15) is 0 Å². The third kappa shape index (κ3) is 3.98. The molecule has 2 atom stereocenters. The number of nitrogens with one attached hydrogen (secondary N) is 1. The molecule has 100 valence electrons. The Kier molecular flexibility index (Phi) is 4.52. The van der Waals surface area contributed by atoms with Crippen molar-refractivity contribution >= 4 is 0 Å². The maximum atomic E-state index is 3.93. The average molecular weight is 237 g/mol. The third-order valence-corrected chi connectivity index (χ3v) is 5.07. The van der Waals surface area contributed by atoms with Gasteiger partial charge < -0.3 is 5.32 Å². The fourth-order valence-corrected chi connectivity index (χ4v) is 3.90. The Labute approximate surface area is 108 Å². The van der Waals surface area contributed by atoms with Gasteiger partial charge in [-0.15, -0.1) is 0 Å². The van der Waals surface area contributed by atoms with Gasteiger partial charge in [0.2, 0.25) is 0 Å². The Balaban J connectivity index is 1.78. The molecule has 0 amide bonds. The smallest absolute Gasteiger partial charge is 0.00749 e. The van der Waals surface area contributed by atoms with Crippen molar-refractivity contribution in [3.05, 3.63) is 0 Å². The SMILES string of the molecule is C[C@H](NC1CCC(C)(C)C1)C1CCCCCC1. The summed E-state index contributed by atoms with van der Waals surface area (Å²) in [5.74, 6) is 0.946. The largest absolute Gasteiger partial charge is 0.311 e. The van der Waals surface area contributed by atoms with Crippen molar-refractivity contribution in [3.8, 4) is 0 Å². The monoisotopic (exact) mass is 237 g/mol. The first-order valence-corrected chi connectivity index (χ1v) is 7.83. The normalized spacial score (nSPS) is 32.3. The summed E-state index contributed by atoms with van der Waals surface area (Å²) in [4.78, 5) is 0. The van der Waals surface area contributed by atoms with E-state index in [1.165, 1.54) is 57.8 Å². The van der Waals surface area contributed by atoms with Crippen LogP contribution in [0.15, 0.2) is 0 Å². The highest BCUT2D eigenvalue weighted by Crippen LogP contribution is 2.37. The summed E-state index contributed by atoms with van der Waals surface area (Å²) in [5, 5.41) is 3.93. The Morgan fingerprint density at radius 3 is 2.18 bits per heavy atom. The molecule has 0 aromatic heterocycles. The molecular formula is C16H31N. The molecule has 1 unspecified atom stereocenters. The molecule has 0 aliphatic heterocycles. The van der Waals surface area contributed by atoms with Crippen molar-refractivity contribution in [1.82, 2.24) is 5.32 Å². The first-order chi connectivity index (χ1) is 8.07. The van der Waals surface area contributed by atoms with E-state index >= 15 is 0 Å². The van der Waals surface area contributed by atoms with Gasteiger partial charge in [0.25, 0.3) is 0 Å². The summed E-state index contributed by atoms with van der Waals surface area (Å²) >= 11 is 0. The highest BCUT2D eigenvalue weighted by molar-refractivity contribution is 4.89. The Morgan fingerprint density at radius 1 is 1.00 bits per heavy atom. The second-order valence-electron chi connectivity index (χ2n) is 7.31. The molecule has 17 heavy (non-hydrogen) atoms. The number of hydrogen-bond donors (Lipinski definition) is 1. The zero-order valence-electron chi connectivity index (χ0n) is 12.1. The van der Waals surface area contributed by atoms with E-state index < -0.39 is 0 Å². The summed E-state index contributed by atoms with van der Waals surface area (Å²) in [6.07, 6.45) is 13.0. The Hall–Kier alpha value is -0.0400. The topological polar surface area (TPSA) is 12.0 Å². The van der Waals surface area contributed by atoms with Crippen LogP contribution >= 0.6 is 0 Å². The molecule has 2 aliphatic carbocycles. The number of rotatable bonds is 3. The van der Waals surface area contributed by atoms with Gasteiger partial charge >= 0.3 is 0 Å². The first-order valence-electron chi connectivity index (χ1n) is 7.83. The minimum absolute atomic E-state index is 0.584. The predicted molar refractivity (Wildman–Crippen MR) is 75.2 cm³/mol. The van der Waals surface area contributed by atoms with Crippen LogP contribution in [0.1, 0.15) is 78.6 Å². The molecule has 0 bridgehead atoms. The zero-order valence-corrected chi connectivity index (χ0v) is 12.1. The lowest BCUT2D eigenvalue weighted by Gasteiger charge is -2.27. The average Bonchev–Trinajstić information content (AvgIpc) is 2.52. The van der Waals surface area contributed by atoms with Crippen LogP contribution in [-0.4, -0.2) is 12.1 Å². The molecule has 2 aliphatic rings. The lowest BCUT2D eigenvalue weighted by molar-refractivity contribution is 0.295. The molecule has 1 N–H and O–H groups in total. The molecule has 1 heteroatoms. The summed E-state index contributed by atoms with van der Waals surface area (Å²) < 4.78 is 0. The predicted octanol–water partition coefficient (Wildman–Crippen LogP) is 4.51. The van der Waals surface area contributed by atoms with Crippen molar-refractivity contribution < 1.29 is 0 Å². The molecule has 2 rings (SSSR count). The fraction of sp³-hybridized carbons (Fsp3) is 1.00. The van der Waals surface area contributed by atoms with Crippen LogP contribution in [0.25, 0.3) is 0 Å². The van der Waals surface area contributed by atoms with Crippen molar-refractivity contribution in [2.24, 2.45) is 11.3 Å². The van der Waals surface area contributed by atoms with Crippen molar-refractivity contribution in [1.29, 1.82) is 0 Å². The highest BCUT2D eigenvalue weighted by atomic mass is 15.0. The maximum Gasteiger partial charge on any atom is 0.00749 e. The molecule has 2 saturated carbocycles. The van der Waals surface area contributed by atoms with Gasteiger partial charge in [-0.3, -0.25) is 0 Å². The van der Waals surface area contributed by atoms with Crippen LogP contribution in [0.5, 0.6) is 0 Å². The minimum Gasteiger partial charge on any atom is -0.311 e. The van der Waals surface area contributed by atoms with E-state index in [0.29, 0.717) is 5.41 Å². The van der Waals surface area contributed by atoms with Gasteiger partial charge in [0.15, 0.2) is 0 Å². The van der Waals surface area contributed by atoms with E-state index in [9.17, 15) is 0 Å². The zero-order chi connectivity index (χ0) is 12.3. The van der Waals surface area contributed by atoms with E-state index in [0.717, 1.165) is 18.0 Å². The van der Waals surface area contributed by atoms with E-state index in [1.807, 2.05) is 0 Å². The lowest BCUT2D eigenvalue weighted by Crippen LogP contribution is -2.40. The molecule has 2 fully saturated rings. The quantitative estimate of drug-likeness (QED) is 0.712. The van der Waals surface area contributed by atoms with Gasteiger partial charge in [-0.2, -0.15) is 0 Å². The van der Waals surface area contributed by atoms with Crippen LogP contribution in [0, 0.1) is 11.3 Å². The highest BCUT2D eigenvalue weighted by Gasteiger charge is 2.32. The van der Waals surface area contributed by atoms with Crippen LogP contribution in [0.2, 0.25) is 0 Å². The van der Waals surface area contributed by atoms with Crippen molar-refractivity contribution in [3.63, 3.8) is 0 Å². The molecule has 0 aromatic carbocycles. The molecule has 0 aromatic rings. The minimum atomic E-state index is 0.584. The van der Waals surface area contributed by atoms with Gasteiger partial charge in [0, 0.05) is 12.1 Å². The second kappa shape index (κ2) is 5.73. The van der Waals surface area contributed by atoms with E-state index in [2.05, 4.69) is 26.1 Å². The van der Waals surface area contributed by atoms with E-state index in [1.54, 1.807) is 0 Å². The van der Waals surface area contributed by atoms with Crippen molar-refractivity contribution in [2.45, 2.75) is 90.6 Å². The van der Waals surface area contributed by atoms with Gasteiger partial charge in [-0.25, -0.2) is 0 Å². The summed E-state index contributed by atoms with van der Waals surface area (Å²) in [7, 11) is 0. The molecular weight excluding hydrogens is 206 g/mol. The summed E-state index contributed by atoms with van der Waals surface area (Å²) in [6, 6.07) is 1.54. The standard InChI is InChI=1S/C16H31N/c1-13(14-8-6-4-5-7-9-14)17-15-10-11-16(2,3)12-15/h13-15,17H,4-12H2,1-3H3/t13-,15?/m0/s1. The van der Waals surface area contributed by atoms with Gasteiger partial charge in [-0.1, -0.05) is 39.5 Å².